The molecular formula is C13H16FN5. The van der Waals surface area contributed by atoms with Crippen LogP contribution in [-0.4, -0.2) is 28.4 Å². The fraction of sp³-hybridized carbons (Fsp3) is 0.385. The van der Waals surface area contributed by atoms with Crippen LogP contribution in [-0.2, 0) is 19.6 Å². The highest BCUT2D eigenvalue weighted by atomic mass is 19.1. The topological polar surface area (TPSA) is 46.0 Å². The molecule has 1 aromatic carbocycles. The molecule has 0 radical (unpaired) electrons. The summed E-state index contributed by atoms with van der Waals surface area (Å²) in [5.74, 6) is 0.754. The summed E-state index contributed by atoms with van der Waals surface area (Å²) in [5.41, 5.74) is 1.64. The van der Waals surface area contributed by atoms with Gasteiger partial charge in [-0.1, -0.05) is 6.07 Å². The minimum absolute atomic E-state index is 0.168. The Kier molecular flexibility index (Phi) is 3.16. The molecule has 1 aliphatic rings. The first-order chi connectivity index (χ1) is 9.29. The van der Waals surface area contributed by atoms with Crippen LogP contribution in [0.1, 0.15) is 11.4 Å². The van der Waals surface area contributed by atoms with Gasteiger partial charge in [0.05, 0.1) is 6.54 Å². The van der Waals surface area contributed by atoms with Gasteiger partial charge in [-0.15, -0.1) is 10.2 Å². The molecule has 3 rings (SSSR count). The minimum Gasteiger partial charge on any atom is -0.362 e. The molecule has 0 bridgehead atoms. The maximum absolute atomic E-state index is 13.9. The van der Waals surface area contributed by atoms with E-state index >= 15 is 0 Å². The van der Waals surface area contributed by atoms with Gasteiger partial charge in [0.15, 0.2) is 5.82 Å². The van der Waals surface area contributed by atoms with E-state index in [4.69, 9.17) is 0 Å². The van der Waals surface area contributed by atoms with Gasteiger partial charge in [0.25, 0.3) is 0 Å². The van der Waals surface area contributed by atoms with E-state index in [1.807, 2.05) is 17.7 Å². The highest BCUT2D eigenvalue weighted by Gasteiger charge is 2.20. The Hall–Kier alpha value is -1.95. The summed E-state index contributed by atoms with van der Waals surface area (Å²) < 4.78 is 16.0. The van der Waals surface area contributed by atoms with Crippen LogP contribution in [0.25, 0.3) is 0 Å². The summed E-state index contributed by atoms with van der Waals surface area (Å²) in [6.07, 6.45) is 1.74. The number of fused-ring (bicyclic) bond motifs is 1. The molecule has 0 atom stereocenters. The van der Waals surface area contributed by atoms with E-state index in [0.29, 0.717) is 18.7 Å². The van der Waals surface area contributed by atoms with Gasteiger partial charge in [-0.2, -0.15) is 0 Å². The second-order valence-electron chi connectivity index (χ2n) is 4.63. The van der Waals surface area contributed by atoms with E-state index in [1.165, 1.54) is 6.07 Å². The van der Waals surface area contributed by atoms with E-state index in [2.05, 4.69) is 20.4 Å². The highest BCUT2D eigenvalue weighted by Crippen LogP contribution is 2.26. The molecule has 0 aliphatic carbocycles. The van der Waals surface area contributed by atoms with Crippen LogP contribution >= 0.6 is 0 Å². The summed E-state index contributed by atoms with van der Waals surface area (Å²) in [4.78, 5) is 2.15. The van der Waals surface area contributed by atoms with Crippen molar-refractivity contribution in [2.75, 3.05) is 18.5 Å². The van der Waals surface area contributed by atoms with E-state index in [0.717, 1.165) is 24.6 Å². The zero-order valence-electron chi connectivity index (χ0n) is 10.8. The average molecular weight is 261 g/mol. The standard InChI is InChI=1S/C13H16FN5/c1-15-7-10-11(14)3-2-4-12(10)18-5-6-19-9-16-17-13(19)8-18/h2-4,9,15H,5-8H2,1H3. The summed E-state index contributed by atoms with van der Waals surface area (Å²) in [6.45, 7) is 2.86. The molecule has 6 heteroatoms. The van der Waals surface area contributed by atoms with E-state index in [-0.39, 0.29) is 5.82 Å². The van der Waals surface area contributed by atoms with Crippen LogP contribution in [0.2, 0.25) is 0 Å². The number of anilines is 1. The molecule has 2 heterocycles. The molecule has 2 aromatic rings. The molecule has 1 N–H and O–H groups in total. The third-order valence-corrected chi connectivity index (χ3v) is 3.43. The van der Waals surface area contributed by atoms with Crippen molar-refractivity contribution < 1.29 is 4.39 Å². The summed E-state index contributed by atoms with van der Waals surface area (Å²) in [5, 5.41) is 11.0. The molecule has 1 aliphatic heterocycles. The number of aromatic nitrogens is 3. The number of hydrogen-bond acceptors (Lipinski definition) is 4. The summed E-state index contributed by atoms with van der Waals surface area (Å²) in [7, 11) is 1.82. The number of rotatable bonds is 3. The number of halogens is 1. The van der Waals surface area contributed by atoms with Crippen LogP contribution in [0.5, 0.6) is 0 Å². The van der Waals surface area contributed by atoms with Crippen molar-refractivity contribution in [3.8, 4) is 0 Å². The van der Waals surface area contributed by atoms with Crippen molar-refractivity contribution >= 4 is 5.69 Å². The van der Waals surface area contributed by atoms with E-state index < -0.39 is 0 Å². The normalized spacial score (nSPS) is 14.5. The van der Waals surface area contributed by atoms with Gasteiger partial charge in [0.1, 0.15) is 12.1 Å². The third kappa shape index (κ3) is 2.19. The predicted octanol–water partition coefficient (Wildman–Crippen LogP) is 1.16. The quantitative estimate of drug-likeness (QED) is 0.900. The van der Waals surface area contributed by atoms with Gasteiger partial charge < -0.3 is 14.8 Å². The Morgan fingerprint density at radius 1 is 1.37 bits per heavy atom. The lowest BCUT2D eigenvalue weighted by Crippen LogP contribution is -2.34. The maximum Gasteiger partial charge on any atom is 0.152 e. The highest BCUT2D eigenvalue weighted by molar-refractivity contribution is 5.54. The van der Waals surface area contributed by atoms with Crippen molar-refractivity contribution in [2.24, 2.45) is 0 Å². The predicted molar refractivity (Wildman–Crippen MR) is 70.2 cm³/mol. The van der Waals surface area contributed by atoms with Crippen LogP contribution < -0.4 is 10.2 Å². The fourth-order valence-corrected chi connectivity index (χ4v) is 2.47. The van der Waals surface area contributed by atoms with Crippen molar-refractivity contribution in [2.45, 2.75) is 19.6 Å². The van der Waals surface area contributed by atoms with Gasteiger partial charge in [-0.3, -0.25) is 0 Å². The summed E-state index contributed by atoms with van der Waals surface area (Å²) >= 11 is 0. The largest absolute Gasteiger partial charge is 0.362 e. The Balaban J connectivity index is 1.93. The number of hydrogen-bond donors (Lipinski definition) is 1. The molecule has 0 spiro atoms. The van der Waals surface area contributed by atoms with Crippen molar-refractivity contribution in [1.29, 1.82) is 0 Å². The first-order valence-electron chi connectivity index (χ1n) is 6.33. The van der Waals surface area contributed by atoms with Crippen molar-refractivity contribution in [3.05, 3.63) is 41.7 Å². The van der Waals surface area contributed by atoms with Crippen LogP contribution in [0.15, 0.2) is 24.5 Å². The van der Waals surface area contributed by atoms with Crippen LogP contribution in [0.3, 0.4) is 0 Å². The third-order valence-electron chi connectivity index (χ3n) is 3.43. The SMILES string of the molecule is CNCc1c(F)cccc1N1CCn2cnnc2C1. The average Bonchev–Trinajstić information content (AvgIpc) is 2.88. The molecule has 0 unspecified atom stereocenters. The number of nitrogens with zero attached hydrogens (tertiary/aromatic N) is 4. The second-order valence-corrected chi connectivity index (χ2v) is 4.63. The molecule has 0 fully saturated rings. The van der Waals surface area contributed by atoms with Gasteiger partial charge in [-0.25, -0.2) is 4.39 Å². The van der Waals surface area contributed by atoms with Crippen LogP contribution in [0.4, 0.5) is 10.1 Å². The molecule has 0 saturated heterocycles. The Morgan fingerprint density at radius 3 is 3.11 bits per heavy atom. The first-order valence-corrected chi connectivity index (χ1v) is 6.33. The Morgan fingerprint density at radius 2 is 2.26 bits per heavy atom. The van der Waals surface area contributed by atoms with Gasteiger partial charge in [0, 0.05) is 30.9 Å². The molecular weight excluding hydrogens is 245 g/mol. The van der Waals surface area contributed by atoms with E-state index in [1.54, 1.807) is 12.4 Å². The molecule has 0 saturated carbocycles. The van der Waals surface area contributed by atoms with Crippen molar-refractivity contribution in [3.63, 3.8) is 0 Å². The molecule has 1 aromatic heterocycles. The zero-order valence-corrected chi connectivity index (χ0v) is 10.8. The lowest BCUT2D eigenvalue weighted by Gasteiger charge is -2.30. The fourth-order valence-electron chi connectivity index (χ4n) is 2.47. The second kappa shape index (κ2) is 4.97. The zero-order chi connectivity index (χ0) is 13.2. The van der Waals surface area contributed by atoms with E-state index in [9.17, 15) is 4.39 Å². The first kappa shape index (κ1) is 12.1. The Bertz CT molecular complexity index is 580. The summed E-state index contributed by atoms with van der Waals surface area (Å²) in [6, 6.07) is 5.22. The maximum atomic E-state index is 13.9. The smallest absolute Gasteiger partial charge is 0.152 e. The molecule has 19 heavy (non-hydrogen) atoms. The van der Waals surface area contributed by atoms with Gasteiger partial charge >= 0.3 is 0 Å². The minimum atomic E-state index is -0.168. The number of nitrogens with one attached hydrogen (secondary N) is 1. The molecule has 5 nitrogen and oxygen atoms in total. The lowest BCUT2D eigenvalue weighted by atomic mass is 10.1. The Labute approximate surface area is 111 Å². The molecule has 100 valence electrons. The number of benzene rings is 1. The van der Waals surface area contributed by atoms with Crippen LogP contribution in [0, 0.1) is 5.82 Å². The molecule has 0 amide bonds. The lowest BCUT2D eigenvalue weighted by molar-refractivity contribution is 0.551. The monoisotopic (exact) mass is 261 g/mol. The van der Waals surface area contributed by atoms with Gasteiger partial charge in [0.2, 0.25) is 0 Å². The van der Waals surface area contributed by atoms with Gasteiger partial charge in [-0.05, 0) is 19.2 Å². The van der Waals surface area contributed by atoms with Crippen molar-refractivity contribution in [1.82, 2.24) is 20.1 Å².